The number of amides is 2. The molecule has 0 bridgehead atoms. The number of ether oxygens (including phenoxy) is 2. The third-order valence-corrected chi connectivity index (χ3v) is 4.01. The summed E-state index contributed by atoms with van der Waals surface area (Å²) in [5, 5.41) is 2.80. The van der Waals surface area contributed by atoms with Crippen LogP contribution in [0.1, 0.15) is 15.9 Å². The molecular formula is C19H20N2O4. The predicted molar refractivity (Wildman–Crippen MR) is 94.1 cm³/mol. The number of aryl methyl sites for hydroxylation is 1. The molecule has 130 valence electrons. The molecule has 1 N–H and O–H groups in total. The van der Waals surface area contributed by atoms with Crippen LogP contribution in [0.15, 0.2) is 48.5 Å². The molecule has 2 aromatic rings. The summed E-state index contributed by atoms with van der Waals surface area (Å²) in [5.41, 5.74) is 2.37. The topological polar surface area (TPSA) is 67.9 Å². The Hall–Kier alpha value is -3.02. The molecule has 6 nitrogen and oxygen atoms in total. The Kier molecular flexibility index (Phi) is 4.88. The normalized spacial score (nSPS) is 16.5. The summed E-state index contributed by atoms with van der Waals surface area (Å²) in [6.45, 7) is 2.63. The molecule has 2 aromatic carbocycles. The molecule has 0 aliphatic carbocycles. The predicted octanol–water partition coefficient (Wildman–Crippen LogP) is 2.76. The van der Waals surface area contributed by atoms with Crippen molar-refractivity contribution in [2.75, 3.05) is 25.1 Å². The lowest BCUT2D eigenvalue weighted by Crippen LogP contribution is -2.34. The zero-order valence-corrected chi connectivity index (χ0v) is 14.2. The minimum Gasteiger partial charge on any atom is -0.497 e. The standard InChI is InChI=1S/C19H20N2O4/c1-13-5-3-7-15(9-13)21-12-17(25-19(21)23)11-20-18(22)14-6-4-8-16(10-14)24-2/h3-10,17H,11-12H2,1-2H3,(H,20,22). The maximum Gasteiger partial charge on any atom is 0.414 e. The Balaban J connectivity index is 1.59. The van der Waals surface area contributed by atoms with Crippen LogP contribution in [0.5, 0.6) is 5.75 Å². The summed E-state index contributed by atoms with van der Waals surface area (Å²) in [5.74, 6) is 0.384. The van der Waals surface area contributed by atoms with Gasteiger partial charge in [-0.3, -0.25) is 9.69 Å². The summed E-state index contributed by atoms with van der Waals surface area (Å²) >= 11 is 0. The van der Waals surface area contributed by atoms with Crippen molar-refractivity contribution >= 4 is 17.7 Å². The van der Waals surface area contributed by atoms with Gasteiger partial charge in [-0.05, 0) is 42.8 Å². The quantitative estimate of drug-likeness (QED) is 0.909. The van der Waals surface area contributed by atoms with Crippen molar-refractivity contribution in [3.63, 3.8) is 0 Å². The van der Waals surface area contributed by atoms with Crippen LogP contribution in [0.2, 0.25) is 0 Å². The Morgan fingerprint density at radius 3 is 2.84 bits per heavy atom. The lowest BCUT2D eigenvalue weighted by atomic mass is 10.2. The lowest BCUT2D eigenvalue weighted by Gasteiger charge is -2.13. The fraction of sp³-hybridized carbons (Fsp3) is 0.263. The number of benzene rings is 2. The molecule has 1 heterocycles. The molecule has 1 atom stereocenters. The molecule has 1 aliphatic heterocycles. The van der Waals surface area contributed by atoms with E-state index in [1.165, 1.54) is 0 Å². The third kappa shape index (κ3) is 3.91. The van der Waals surface area contributed by atoms with Gasteiger partial charge in [-0.2, -0.15) is 0 Å². The van der Waals surface area contributed by atoms with Gasteiger partial charge < -0.3 is 14.8 Å². The lowest BCUT2D eigenvalue weighted by molar-refractivity contribution is 0.0916. The first kappa shape index (κ1) is 16.8. The zero-order chi connectivity index (χ0) is 17.8. The molecule has 1 unspecified atom stereocenters. The second-order valence-corrected chi connectivity index (χ2v) is 5.90. The van der Waals surface area contributed by atoms with Crippen molar-refractivity contribution < 1.29 is 19.1 Å². The SMILES string of the molecule is COc1cccc(C(=O)NCC2CN(c3cccc(C)c3)C(=O)O2)c1. The van der Waals surface area contributed by atoms with Crippen LogP contribution in [0.4, 0.5) is 10.5 Å². The monoisotopic (exact) mass is 340 g/mol. The number of nitrogens with one attached hydrogen (secondary N) is 1. The van der Waals surface area contributed by atoms with Crippen LogP contribution in [-0.2, 0) is 4.74 Å². The minimum atomic E-state index is -0.397. The van der Waals surface area contributed by atoms with Crippen molar-refractivity contribution in [3.8, 4) is 5.75 Å². The van der Waals surface area contributed by atoms with Gasteiger partial charge in [-0.1, -0.05) is 18.2 Å². The third-order valence-electron chi connectivity index (χ3n) is 4.01. The fourth-order valence-corrected chi connectivity index (χ4v) is 2.71. The summed E-state index contributed by atoms with van der Waals surface area (Å²) in [4.78, 5) is 25.9. The Labute approximate surface area is 146 Å². The average Bonchev–Trinajstić information content (AvgIpc) is 3.00. The summed E-state index contributed by atoms with van der Waals surface area (Å²) in [6, 6.07) is 14.6. The number of anilines is 1. The maximum absolute atomic E-state index is 12.2. The second kappa shape index (κ2) is 7.25. The molecule has 25 heavy (non-hydrogen) atoms. The first-order valence-corrected chi connectivity index (χ1v) is 8.04. The van der Waals surface area contributed by atoms with E-state index in [0.29, 0.717) is 17.9 Å². The van der Waals surface area contributed by atoms with Crippen molar-refractivity contribution in [1.82, 2.24) is 5.32 Å². The highest BCUT2D eigenvalue weighted by Gasteiger charge is 2.32. The van der Waals surface area contributed by atoms with Gasteiger partial charge in [0.2, 0.25) is 0 Å². The van der Waals surface area contributed by atoms with E-state index in [4.69, 9.17) is 9.47 Å². The molecule has 1 saturated heterocycles. The number of carbonyl (C=O) groups excluding carboxylic acids is 2. The Morgan fingerprint density at radius 2 is 2.08 bits per heavy atom. The highest BCUT2D eigenvalue weighted by atomic mass is 16.6. The molecule has 0 spiro atoms. The van der Waals surface area contributed by atoms with Gasteiger partial charge in [-0.15, -0.1) is 0 Å². The fourth-order valence-electron chi connectivity index (χ4n) is 2.71. The van der Waals surface area contributed by atoms with E-state index in [2.05, 4.69) is 5.32 Å². The van der Waals surface area contributed by atoms with Crippen LogP contribution in [0.25, 0.3) is 0 Å². The molecule has 0 saturated carbocycles. The molecule has 1 fully saturated rings. The van der Waals surface area contributed by atoms with E-state index in [-0.39, 0.29) is 18.6 Å². The van der Waals surface area contributed by atoms with Gasteiger partial charge in [-0.25, -0.2) is 4.79 Å². The maximum atomic E-state index is 12.2. The van der Waals surface area contributed by atoms with Crippen LogP contribution < -0.4 is 15.0 Å². The Bertz CT molecular complexity index is 790. The number of hydrogen-bond donors (Lipinski definition) is 1. The number of hydrogen-bond acceptors (Lipinski definition) is 4. The van der Waals surface area contributed by atoms with Crippen molar-refractivity contribution in [3.05, 3.63) is 59.7 Å². The van der Waals surface area contributed by atoms with Crippen molar-refractivity contribution in [2.45, 2.75) is 13.0 Å². The molecule has 3 rings (SSSR count). The van der Waals surface area contributed by atoms with Gasteiger partial charge in [0.05, 0.1) is 20.2 Å². The number of rotatable bonds is 5. The van der Waals surface area contributed by atoms with Gasteiger partial charge in [0.25, 0.3) is 5.91 Å². The van der Waals surface area contributed by atoms with E-state index in [9.17, 15) is 9.59 Å². The summed E-state index contributed by atoms with van der Waals surface area (Å²) < 4.78 is 10.5. The highest BCUT2D eigenvalue weighted by Crippen LogP contribution is 2.22. The van der Waals surface area contributed by atoms with Crippen LogP contribution >= 0.6 is 0 Å². The number of carbonyl (C=O) groups is 2. The van der Waals surface area contributed by atoms with E-state index in [1.807, 2.05) is 31.2 Å². The first-order chi connectivity index (χ1) is 12.1. The van der Waals surface area contributed by atoms with E-state index >= 15 is 0 Å². The van der Waals surface area contributed by atoms with E-state index in [0.717, 1.165) is 11.3 Å². The number of cyclic esters (lactones) is 1. The minimum absolute atomic E-state index is 0.232. The molecule has 6 heteroatoms. The second-order valence-electron chi connectivity index (χ2n) is 5.90. The highest BCUT2D eigenvalue weighted by molar-refractivity contribution is 5.94. The molecular weight excluding hydrogens is 320 g/mol. The van der Waals surface area contributed by atoms with Crippen molar-refractivity contribution in [2.24, 2.45) is 0 Å². The van der Waals surface area contributed by atoms with Gasteiger partial charge in [0.1, 0.15) is 11.9 Å². The van der Waals surface area contributed by atoms with Crippen LogP contribution in [0, 0.1) is 6.92 Å². The first-order valence-electron chi connectivity index (χ1n) is 8.04. The van der Waals surface area contributed by atoms with Gasteiger partial charge >= 0.3 is 6.09 Å². The van der Waals surface area contributed by atoms with Crippen molar-refractivity contribution in [1.29, 1.82) is 0 Å². The molecule has 1 aliphatic rings. The summed E-state index contributed by atoms with van der Waals surface area (Å²) in [6.07, 6.45) is -0.784. The molecule has 0 aromatic heterocycles. The van der Waals surface area contributed by atoms with Crippen LogP contribution in [-0.4, -0.2) is 38.3 Å². The summed E-state index contributed by atoms with van der Waals surface area (Å²) in [7, 11) is 1.55. The number of methoxy groups -OCH3 is 1. The smallest absolute Gasteiger partial charge is 0.414 e. The average molecular weight is 340 g/mol. The number of nitrogens with zero attached hydrogens (tertiary/aromatic N) is 1. The molecule has 0 radical (unpaired) electrons. The Morgan fingerprint density at radius 1 is 1.28 bits per heavy atom. The van der Waals surface area contributed by atoms with Crippen LogP contribution in [0.3, 0.4) is 0 Å². The van der Waals surface area contributed by atoms with E-state index in [1.54, 1.807) is 36.3 Å². The van der Waals surface area contributed by atoms with Gasteiger partial charge in [0.15, 0.2) is 0 Å². The largest absolute Gasteiger partial charge is 0.497 e. The molecule has 2 amide bonds. The van der Waals surface area contributed by atoms with E-state index < -0.39 is 6.09 Å². The zero-order valence-electron chi connectivity index (χ0n) is 14.2. The van der Waals surface area contributed by atoms with Gasteiger partial charge in [0, 0.05) is 11.3 Å².